The largest absolute Gasteiger partial charge is 0.367 e. The van der Waals surface area contributed by atoms with Gasteiger partial charge in [0.1, 0.15) is 12.1 Å². The number of halogens is 2. The minimum atomic E-state index is -0.579. The van der Waals surface area contributed by atoms with Crippen LogP contribution >= 0.6 is 22.6 Å². The standard InChI is InChI=1S/C11H9FIN5O2/c1-14-10-9(18(19)20)11(16-5-15-10)17-8-3-2-6(12)4-7(8)13/h2-5H,1H3,(H2,14,15,16,17). The Morgan fingerprint density at radius 2 is 2.05 bits per heavy atom. The average Bonchev–Trinajstić information content (AvgIpc) is 2.41. The van der Waals surface area contributed by atoms with Crippen molar-refractivity contribution in [1.82, 2.24) is 9.97 Å². The molecule has 0 radical (unpaired) electrons. The van der Waals surface area contributed by atoms with E-state index in [4.69, 9.17) is 0 Å². The predicted molar refractivity (Wildman–Crippen MR) is 80.6 cm³/mol. The molecule has 2 aromatic rings. The van der Waals surface area contributed by atoms with E-state index >= 15 is 0 Å². The Labute approximate surface area is 126 Å². The minimum Gasteiger partial charge on any atom is -0.367 e. The average molecular weight is 389 g/mol. The van der Waals surface area contributed by atoms with Crippen molar-refractivity contribution >= 4 is 45.6 Å². The van der Waals surface area contributed by atoms with Gasteiger partial charge in [-0.2, -0.15) is 0 Å². The van der Waals surface area contributed by atoms with E-state index in [1.54, 1.807) is 0 Å². The van der Waals surface area contributed by atoms with E-state index in [0.29, 0.717) is 9.26 Å². The van der Waals surface area contributed by atoms with Crippen LogP contribution in [0.1, 0.15) is 0 Å². The van der Waals surface area contributed by atoms with Gasteiger partial charge in [-0.1, -0.05) is 0 Å². The van der Waals surface area contributed by atoms with Crippen LogP contribution in [0, 0.1) is 19.5 Å². The molecule has 0 spiro atoms. The highest BCUT2D eigenvalue weighted by atomic mass is 127. The molecule has 0 aliphatic heterocycles. The quantitative estimate of drug-likeness (QED) is 0.475. The molecule has 0 bridgehead atoms. The first kappa shape index (κ1) is 14.4. The van der Waals surface area contributed by atoms with Crippen LogP contribution in [0.25, 0.3) is 0 Å². The second kappa shape index (κ2) is 5.94. The summed E-state index contributed by atoms with van der Waals surface area (Å²) in [5.74, 6) is -0.239. The topological polar surface area (TPSA) is 93.0 Å². The number of nitro groups is 1. The zero-order chi connectivity index (χ0) is 14.7. The van der Waals surface area contributed by atoms with Gasteiger partial charge >= 0.3 is 5.69 Å². The van der Waals surface area contributed by atoms with Crippen LogP contribution in [0.15, 0.2) is 24.5 Å². The van der Waals surface area contributed by atoms with E-state index in [2.05, 4.69) is 20.6 Å². The van der Waals surface area contributed by atoms with Crippen molar-refractivity contribution < 1.29 is 9.31 Å². The number of rotatable bonds is 4. The number of hydrogen-bond donors (Lipinski definition) is 2. The highest BCUT2D eigenvalue weighted by Crippen LogP contribution is 2.32. The highest BCUT2D eigenvalue weighted by Gasteiger charge is 2.22. The van der Waals surface area contributed by atoms with Gasteiger partial charge in [0.25, 0.3) is 0 Å². The van der Waals surface area contributed by atoms with Crippen LogP contribution in [-0.2, 0) is 0 Å². The lowest BCUT2D eigenvalue weighted by atomic mass is 10.3. The first-order valence-corrected chi connectivity index (χ1v) is 6.50. The molecule has 20 heavy (non-hydrogen) atoms. The van der Waals surface area contributed by atoms with E-state index < -0.39 is 4.92 Å². The molecule has 9 heteroatoms. The van der Waals surface area contributed by atoms with Crippen LogP contribution in [0.2, 0.25) is 0 Å². The summed E-state index contributed by atoms with van der Waals surface area (Å²) in [5.41, 5.74) is 0.256. The Morgan fingerprint density at radius 3 is 2.65 bits per heavy atom. The van der Waals surface area contributed by atoms with Crippen molar-refractivity contribution in [1.29, 1.82) is 0 Å². The fourth-order valence-electron chi connectivity index (χ4n) is 1.54. The zero-order valence-electron chi connectivity index (χ0n) is 10.2. The maximum Gasteiger partial charge on any atom is 0.353 e. The third kappa shape index (κ3) is 2.92. The molecule has 2 rings (SSSR count). The van der Waals surface area contributed by atoms with Gasteiger partial charge in [-0.05, 0) is 40.8 Å². The maximum absolute atomic E-state index is 13.0. The fraction of sp³-hybridized carbons (Fsp3) is 0.0909. The summed E-state index contributed by atoms with van der Waals surface area (Å²) in [4.78, 5) is 18.2. The van der Waals surface area contributed by atoms with Gasteiger partial charge in [-0.25, -0.2) is 14.4 Å². The van der Waals surface area contributed by atoms with Crippen LogP contribution < -0.4 is 10.6 Å². The zero-order valence-corrected chi connectivity index (χ0v) is 12.4. The van der Waals surface area contributed by atoms with E-state index in [1.807, 2.05) is 22.6 Å². The molecule has 1 aromatic heterocycles. The summed E-state index contributed by atoms with van der Waals surface area (Å²) < 4.78 is 13.6. The summed E-state index contributed by atoms with van der Waals surface area (Å²) in [7, 11) is 1.53. The number of anilines is 3. The number of aromatic nitrogens is 2. The molecule has 0 saturated carbocycles. The maximum atomic E-state index is 13.0. The lowest BCUT2D eigenvalue weighted by molar-refractivity contribution is -0.383. The van der Waals surface area contributed by atoms with Crippen molar-refractivity contribution in [2.75, 3.05) is 17.7 Å². The number of benzene rings is 1. The highest BCUT2D eigenvalue weighted by molar-refractivity contribution is 14.1. The molecule has 104 valence electrons. The second-order valence-corrected chi connectivity index (χ2v) is 4.84. The van der Waals surface area contributed by atoms with Crippen molar-refractivity contribution in [3.63, 3.8) is 0 Å². The van der Waals surface area contributed by atoms with Crippen molar-refractivity contribution in [3.05, 3.63) is 44.0 Å². The number of nitrogens with zero attached hydrogens (tertiary/aromatic N) is 3. The summed E-state index contributed by atoms with van der Waals surface area (Å²) >= 11 is 1.93. The van der Waals surface area contributed by atoms with Crippen molar-refractivity contribution in [2.45, 2.75) is 0 Å². The van der Waals surface area contributed by atoms with Crippen molar-refractivity contribution in [2.24, 2.45) is 0 Å². The SMILES string of the molecule is CNc1ncnc(Nc2ccc(F)cc2I)c1[N+](=O)[O-]. The summed E-state index contributed by atoms with van der Waals surface area (Å²) in [6.07, 6.45) is 1.21. The van der Waals surface area contributed by atoms with Gasteiger partial charge in [-0.3, -0.25) is 10.1 Å². The molecule has 2 N–H and O–H groups in total. The van der Waals surface area contributed by atoms with E-state index in [-0.39, 0.29) is 23.1 Å². The minimum absolute atomic E-state index is 0.0406. The Bertz CT molecular complexity index is 667. The van der Waals surface area contributed by atoms with Crippen LogP contribution in [0.5, 0.6) is 0 Å². The molecular weight excluding hydrogens is 380 g/mol. The molecule has 0 fully saturated rings. The van der Waals surface area contributed by atoms with Crippen LogP contribution in [0.4, 0.5) is 27.4 Å². The first-order valence-electron chi connectivity index (χ1n) is 5.42. The lowest BCUT2D eigenvalue weighted by Gasteiger charge is -2.09. The normalized spacial score (nSPS) is 10.2. The molecule has 0 atom stereocenters. The Kier molecular flexibility index (Phi) is 4.27. The Morgan fingerprint density at radius 1 is 1.35 bits per heavy atom. The molecule has 0 saturated heterocycles. The van der Waals surface area contributed by atoms with Gasteiger partial charge in [-0.15, -0.1) is 0 Å². The van der Waals surface area contributed by atoms with Crippen molar-refractivity contribution in [3.8, 4) is 0 Å². The molecule has 0 aliphatic carbocycles. The second-order valence-electron chi connectivity index (χ2n) is 3.68. The monoisotopic (exact) mass is 389 g/mol. The van der Waals surface area contributed by atoms with Gasteiger partial charge in [0, 0.05) is 10.6 Å². The predicted octanol–water partition coefficient (Wildman–Crippen LogP) is 2.91. The number of nitrogens with one attached hydrogen (secondary N) is 2. The van der Waals surface area contributed by atoms with Gasteiger partial charge in [0.2, 0.25) is 11.6 Å². The van der Waals surface area contributed by atoms with Crippen LogP contribution in [0.3, 0.4) is 0 Å². The smallest absolute Gasteiger partial charge is 0.353 e. The molecule has 7 nitrogen and oxygen atoms in total. The molecule has 1 aromatic carbocycles. The number of hydrogen-bond acceptors (Lipinski definition) is 6. The third-order valence-electron chi connectivity index (χ3n) is 2.43. The summed E-state index contributed by atoms with van der Waals surface area (Å²) in [5, 5.41) is 16.6. The van der Waals surface area contributed by atoms with E-state index in [1.165, 1.54) is 31.6 Å². The lowest BCUT2D eigenvalue weighted by Crippen LogP contribution is -2.06. The van der Waals surface area contributed by atoms with E-state index in [0.717, 1.165) is 0 Å². The van der Waals surface area contributed by atoms with E-state index in [9.17, 15) is 14.5 Å². The van der Waals surface area contributed by atoms with Gasteiger partial charge in [0.15, 0.2) is 0 Å². The van der Waals surface area contributed by atoms with Gasteiger partial charge < -0.3 is 10.6 Å². The molecule has 1 heterocycles. The first-order chi connectivity index (χ1) is 9.52. The Balaban J connectivity index is 2.45. The third-order valence-corrected chi connectivity index (χ3v) is 3.32. The van der Waals surface area contributed by atoms with Crippen LogP contribution in [-0.4, -0.2) is 21.9 Å². The van der Waals surface area contributed by atoms with Gasteiger partial charge in [0.05, 0.1) is 10.6 Å². The summed E-state index contributed by atoms with van der Waals surface area (Å²) in [6.45, 7) is 0. The fourth-order valence-corrected chi connectivity index (χ4v) is 2.16. The molecule has 0 unspecified atom stereocenters. The molecule has 0 amide bonds. The Hall–Kier alpha value is -2.04. The molecule has 0 aliphatic rings. The summed E-state index contributed by atoms with van der Waals surface area (Å²) in [6, 6.07) is 4.06. The molecular formula is C11H9FIN5O2.